The van der Waals surface area contributed by atoms with Crippen molar-refractivity contribution in [1.82, 2.24) is 10.2 Å². The number of hydrogen-bond acceptors (Lipinski definition) is 7. The zero-order valence-electron chi connectivity index (χ0n) is 12.5. The molecule has 0 aliphatic heterocycles. The molecule has 0 fully saturated rings. The van der Waals surface area contributed by atoms with Gasteiger partial charge in [-0.15, -0.1) is 10.2 Å². The molecule has 1 amide bonds. The lowest BCUT2D eigenvalue weighted by atomic mass is 10.2. The van der Waals surface area contributed by atoms with E-state index in [1.165, 1.54) is 18.4 Å². The van der Waals surface area contributed by atoms with Crippen LogP contribution >= 0.6 is 11.3 Å². The number of carboxylic acid groups (broad SMARTS) is 1. The van der Waals surface area contributed by atoms with Crippen LogP contribution in [0.1, 0.15) is 12.8 Å². The first-order valence-electron chi connectivity index (χ1n) is 6.61. The Bertz CT molecular complexity index is 716. The van der Waals surface area contributed by atoms with Gasteiger partial charge in [0.2, 0.25) is 11.0 Å². The number of carbonyl (C=O) groups excluding carboxylic acids is 1. The van der Waals surface area contributed by atoms with Crippen LogP contribution in [0.4, 0.5) is 5.13 Å². The average molecular weight is 337 g/mol. The lowest BCUT2D eigenvalue weighted by molar-refractivity contribution is -0.138. The topological polar surface area (TPSA) is 111 Å². The molecule has 2 rings (SSSR count). The lowest BCUT2D eigenvalue weighted by Gasteiger charge is -2.07. The van der Waals surface area contributed by atoms with E-state index in [2.05, 4.69) is 15.5 Å². The van der Waals surface area contributed by atoms with Gasteiger partial charge >= 0.3 is 5.97 Å². The Morgan fingerprint density at radius 1 is 1.17 bits per heavy atom. The molecule has 1 aromatic carbocycles. The van der Waals surface area contributed by atoms with Crippen LogP contribution in [0, 0.1) is 0 Å². The number of aliphatic carboxylic acids is 1. The van der Waals surface area contributed by atoms with Gasteiger partial charge in [0.25, 0.3) is 0 Å². The summed E-state index contributed by atoms with van der Waals surface area (Å²) in [6, 6.07) is 5.31. The highest BCUT2D eigenvalue weighted by atomic mass is 32.1. The van der Waals surface area contributed by atoms with Crippen molar-refractivity contribution in [2.24, 2.45) is 0 Å². The first-order valence-corrected chi connectivity index (χ1v) is 7.42. The van der Waals surface area contributed by atoms with Crippen molar-refractivity contribution < 1.29 is 24.2 Å². The second-order valence-electron chi connectivity index (χ2n) is 4.42. The van der Waals surface area contributed by atoms with Crippen LogP contribution < -0.4 is 14.8 Å². The van der Waals surface area contributed by atoms with Gasteiger partial charge in [0.15, 0.2) is 11.5 Å². The van der Waals surface area contributed by atoms with E-state index in [1.807, 2.05) is 0 Å². The molecule has 0 atom stereocenters. The predicted octanol–water partition coefficient (Wildman–Crippen LogP) is 2.03. The van der Waals surface area contributed by atoms with Gasteiger partial charge in [-0.05, 0) is 18.2 Å². The van der Waals surface area contributed by atoms with Crippen LogP contribution in [0.3, 0.4) is 0 Å². The number of carbonyl (C=O) groups is 2. The molecule has 0 aliphatic carbocycles. The van der Waals surface area contributed by atoms with E-state index in [-0.39, 0.29) is 12.8 Å². The predicted molar refractivity (Wildman–Crippen MR) is 83.9 cm³/mol. The highest BCUT2D eigenvalue weighted by molar-refractivity contribution is 7.18. The average Bonchev–Trinajstić information content (AvgIpc) is 3.00. The van der Waals surface area contributed by atoms with Crippen LogP contribution in [0.2, 0.25) is 0 Å². The SMILES string of the molecule is COc1ccc(-c2nnc(NC(=O)CCC(=O)O)s2)cc1OC. The molecule has 122 valence electrons. The Kier molecular flexibility index (Phi) is 5.47. The van der Waals surface area contributed by atoms with Crippen molar-refractivity contribution in [3.63, 3.8) is 0 Å². The number of ether oxygens (including phenoxy) is 2. The van der Waals surface area contributed by atoms with Crippen LogP contribution in [0.5, 0.6) is 11.5 Å². The maximum atomic E-state index is 11.6. The summed E-state index contributed by atoms with van der Waals surface area (Å²) < 4.78 is 10.4. The van der Waals surface area contributed by atoms with Crippen molar-refractivity contribution in [2.75, 3.05) is 19.5 Å². The Balaban J connectivity index is 2.10. The van der Waals surface area contributed by atoms with E-state index in [1.54, 1.807) is 25.3 Å². The highest BCUT2D eigenvalue weighted by Gasteiger charge is 2.13. The lowest BCUT2D eigenvalue weighted by Crippen LogP contribution is -2.12. The van der Waals surface area contributed by atoms with E-state index >= 15 is 0 Å². The zero-order chi connectivity index (χ0) is 16.8. The number of aromatic nitrogens is 2. The van der Waals surface area contributed by atoms with Crippen LogP contribution in [-0.4, -0.2) is 41.4 Å². The van der Waals surface area contributed by atoms with E-state index in [0.29, 0.717) is 21.6 Å². The van der Waals surface area contributed by atoms with E-state index in [9.17, 15) is 9.59 Å². The summed E-state index contributed by atoms with van der Waals surface area (Å²) in [6.45, 7) is 0. The largest absolute Gasteiger partial charge is 0.493 e. The Morgan fingerprint density at radius 2 is 1.91 bits per heavy atom. The van der Waals surface area contributed by atoms with Crippen molar-refractivity contribution in [1.29, 1.82) is 0 Å². The van der Waals surface area contributed by atoms with Gasteiger partial charge in [-0.3, -0.25) is 9.59 Å². The molecule has 0 aliphatic rings. The number of rotatable bonds is 7. The number of benzene rings is 1. The van der Waals surface area contributed by atoms with Gasteiger partial charge in [0.1, 0.15) is 5.01 Å². The Hall–Kier alpha value is -2.68. The minimum atomic E-state index is -1.02. The monoisotopic (exact) mass is 337 g/mol. The molecular formula is C14H15N3O5S. The summed E-state index contributed by atoms with van der Waals surface area (Å²) in [7, 11) is 3.09. The number of methoxy groups -OCH3 is 2. The van der Waals surface area contributed by atoms with Gasteiger partial charge in [-0.2, -0.15) is 0 Å². The standard InChI is InChI=1S/C14H15N3O5S/c1-21-9-4-3-8(7-10(9)22-2)13-16-17-14(23-13)15-11(18)5-6-12(19)20/h3-4,7H,5-6H2,1-2H3,(H,19,20)(H,15,17,18). The van der Waals surface area contributed by atoms with Gasteiger partial charge < -0.3 is 19.9 Å². The molecule has 1 heterocycles. The fraction of sp³-hybridized carbons (Fsp3) is 0.286. The number of hydrogen-bond donors (Lipinski definition) is 2. The second-order valence-corrected chi connectivity index (χ2v) is 5.40. The van der Waals surface area contributed by atoms with Crippen LogP contribution in [0.15, 0.2) is 18.2 Å². The van der Waals surface area contributed by atoms with Gasteiger partial charge in [0, 0.05) is 12.0 Å². The molecule has 1 aromatic heterocycles. The third-order valence-corrected chi connectivity index (χ3v) is 3.76. The van der Waals surface area contributed by atoms with E-state index < -0.39 is 11.9 Å². The van der Waals surface area contributed by atoms with E-state index in [4.69, 9.17) is 14.6 Å². The summed E-state index contributed by atoms with van der Waals surface area (Å²) >= 11 is 1.18. The molecule has 23 heavy (non-hydrogen) atoms. The Labute approximate surface area is 136 Å². The molecular weight excluding hydrogens is 322 g/mol. The van der Waals surface area contributed by atoms with E-state index in [0.717, 1.165) is 5.56 Å². The molecule has 0 saturated carbocycles. The van der Waals surface area contributed by atoms with Crippen LogP contribution in [0.25, 0.3) is 10.6 Å². The summed E-state index contributed by atoms with van der Waals surface area (Å²) in [6.07, 6.45) is -0.340. The third-order valence-electron chi connectivity index (χ3n) is 2.87. The normalized spacial score (nSPS) is 10.2. The summed E-state index contributed by atoms with van der Waals surface area (Å²) in [5, 5.41) is 19.9. The molecule has 2 aromatic rings. The van der Waals surface area contributed by atoms with Crippen molar-refractivity contribution in [2.45, 2.75) is 12.8 Å². The number of carboxylic acids is 1. The maximum Gasteiger partial charge on any atom is 0.303 e. The number of nitrogens with one attached hydrogen (secondary N) is 1. The first kappa shape index (κ1) is 16.7. The smallest absolute Gasteiger partial charge is 0.303 e. The first-order chi connectivity index (χ1) is 11.0. The second kappa shape index (κ2) is 7.54. The molecule has 2 N–H and O–H groups in total. The van der Waals surface area contributed by atoms with Crippen molar-refractivity contribution in [3.05, 3.63) is 18.2 Å². The molecule has 9 heteroatoms. The Morgan fingerprint density at radius 3 is 2.57 bits per heavy atom. The molecule has 0 radical (unpaired) electrons. The summed E-state index contributed by atoms with van der Waals surface area (Å²) in [5.41, 5.74) is 0.770. The van der Waals surface area contributed by atoms with Crippen molar-refractivity contribution >= 4 is 28.3 Å². The number of nitrogens with zero attached hydrogens (tertiary/aromatic N) is 2. The third kappa shape index (κ3) is 4.39. The molecule has 0 saturated heterocycles. The summed E-state index contributed by atoms with van der Waals surface area (Å²) in [4.78, 5) is 22.0. The summed E-state index contributed by atoms with van der Waals surface area (Å²) in [5.74, 6) is -0.277. The van der Waals surface area contributed by atoms with Gasteiger partial charge in [-0.25, -0.2) is 0 Å². The molecule has 0 unspecified atom stereocenters. The molecule has 0 spiro atoms. The zero-order valence-corrected chi connectivity index (χ0v) is 13.3. The highest BCUT2D eigenvalue weighted by Crippen LogP contribution is 2.34. The minimum Gasteiger partial charge on any atom is -0.493 e. The fourth-order valence-corrected chi connectivity index (χ4v) is 2.52. The fourth-order valence-electron chi connectivity index (χ4n) is 1.76. The number of amides is 1. The minimum absolute atomic E-state index is 0.111. The van der Waals surface area contributed by atoms with Crippen LogP contribution in [-0.2, 0) is 9.59 Å². The molecule has 8 nitrogen and oxygen atoms in total. The van der Waals surface area contributed by atoms with Crippen molar-refractivity contribution in [3.8, 4) is 22.1 Å². The van der Waals surface area contributed by atoms with Gasteiger partial charge in [0.05, 0.1) is 20.6 Å². The number of anilines is 1. The maximum absolute atomic E-state index is 11.6. The van der Waals surface area contributed by atoms with Gasteiger partial charge in [-0.1, -0.05) is 11.3 Å². The quantitative estimate of drug-likeness (QED) is 0.795. The molecule has 0 bridgehead atoms.